The van der Waals surface area contributed by atoms with Gasteiger partial charge in [-0.15, -0.1) is 0 Å². The molecule has 0 aliphatic heterocycles. The van der Waals surface area contributed by atoms with Crippen molar-refractivity contribution in [2.75, 3.05) is 6.61 Å². The Kier molecular flexibility index (Phi) is 5.84. The minimum Gasteiger partial charge on any atom is -0.465 e. The number of carbonyl (C=O) groups is 1. The molecule has 110 valence electrons. The molecule has 0 amide bonds. The molecule has 0 unspecified atom stereocenters. The molecule has 1 N–H and O–H groups in total. The van der Waals surface area contributed by atoms with Crippen molar-refractivity contribution in [3.63, 3.8) is 0 Å². The molecule has 1 aliphatic rings. The van der Waals surface area contributed by atoms with Gasteiger partial charge in [0.05, 0.1) is 6.61 Å². The van der Waals surface area contributed by atoms with E-state index in [2.05, 4.69) is 52.2 Å². The zero-order valence-corrected chi connectivity index (χ0v) is 14.1. The highest BCUT2D eigenvalue weighted by Gasteiger charge is 2.40. The first-order valence-electron chi connectivity index (χ1n) is 7.33. The molecule has 20 heavy (non-hydrogen) atoms. The predicted octanol–water partition coefficient (Wildman–Crippen LogP) is 3.65. The second kappa shape index (κ2) is 7.41. The summed E-state index contributed by atoms with van der Waals surface area (Å²) in [7, 11) is 0. The third kappa shape index (κ3) is 3.95. The topological polar surface area (TPSA) is 38.3 Å². The van der Waals surface area contributed by atoms with Gasteiger partial charge < -0.3 is 4.74 Å². The Morgan fingerprint density at radius 2 is 1.90 bits per heavy atom. The number of benzene rings is 1. The molecule has 0 aromatic heterocycles. The highest BCUT2D eigenvalue weighted by atomic mass is 127. The summed E-state index contributed by atoms with van der Waals surface area (Å²) in [5, 5.41) is 3.48. The molecule has 3 nitrogen and oxygen atoms in total. The lowest BCUT2D eigenvalue weighted by Crippen LogP contribution is -2.53. The second-order valence-electron chi connectivity index (χ2n) is 5.34. The third-order valence-corrected chi connectivity index (χ3v) is 4.64. The zero-order chi connectivity index (χ0) is 14.4. The van der Waals surface area contributed by atoms with E-state index in [-0.39, 0.29) is 5.97 Å². The number of hydrogen-bond acceptors (Lipinski definition) is 3. The van der Waals surface area contributed by atoms with Gasteiger partial charge in [0.1, 0.15) is 5.54 Å². The van der Waals surface area contributed by atoms with Gasteiger partial charge in [-0.05, 0) is 60.1 Å². The summed E-state index contributed by atoms with van der Waals surface area (Å²) in [6, 6.07) is 8.40. The van der Waals surface area contributed by atoms with E-state index in [0.29, 0.717) is 6.61 Å². The fraction of sp³-hybridized carbons (Fsp3) is 0.562. The lowest BCUT2D eigenvalue weighted by atomic mass is 9.81. The van der Waals surface area contributed by atoms with E-state index in [0.717, 1.165) is 32.2 Å². The smallest absolute Gasteiger partial charge is 0.326 e. The van der Waals surface area contributed by atoms with Crippen molar-refractivity contribution in [1.29, 1.82) is 0 Å². The van der Waals surface area contributed by atoms with Crippen LogP contribution in [0.2, 0.25) is 0 Å². The molecule has 1 saturated carbocycles. The summed E-state index contributed by atoms with van der Waals surface area (Å²) in [4.78, 5) is 12.3. The Bertz CT molecular complexity index is 438. The molecule has 2 rings (SSSR count). The van der Waals surface area contributed by atoms with Crippen molar-refractivity contribution in [3.8, 4) is 0 Å². The van der Waals surface area contributed by atoms with Crippen LogP contribution in [0.15, 0.2) is 24.3 Å². The van der Waals surface area contributed by atoms with Crippen LogP contribution in [-0.4, -0.2) is 18.1 Å². The molecular weight excluding hydrogens is 365 g/mol. The molecule has 1 aromatic carbocycles. The maximum absolute atomic E-state index is 12.3. The van der Waals surface area contributed by atoms with Gasteiger partial charge in [0.2, 0.25) is 0 Å². The Morgan fingerprint density at radius 3 is 2.50 bits per heavy atom. The monoisotopic (exact) mass is 387 g/mol. The average molecular weight is 387 g/mol. The molecule has 0 atom stereocenters. The van der Waals surface area contributed by atoms with Crippen LogP contribution in [0.1, 0.15) is 44.6 Å². The second-order valence-corrected chi connectivity index (χ2v) is 6.59. The number of nitrogens with one attached hydrogen (secondary N) is 1. The minimum absolute atomic E-state index is 0.0785. The van der Waals surface area contributed by atoms with Crippen molar-refractivity contribution in [2.45, 2.75) is 51.1 Å². The lowest BCUT2D eigenvalue weighted by molar-refractivity contribution is -0.153. The minimum atomic E-state index is -0.475. The van der Waals surface area contributed by atoms with E-state index in [1.165, 1.54) is 15.6 Å². The first kappa shape index (κ1) is 15.8. The van der Waals surface area contributed by atoms with Crippen LogP contribution in [-0.2, 0) is 16.1 Å². The summed E-state index contributed by atoms with van der Waals surface area (Å²) >= 11 is 2.30. The third-order valence-electron chi connectivity index (χ3n) is 3.92. The van der Waals surface area contributed by atoms with E-state index >= 15 is 0 Å². The normalized spacial score (nSPS) is 17.7. The first-order valence-corrected chi connectivity index (χ1v) is 8.41. The summed E-state index contributed by atoms with van der Waals surface area (Å²) in [6.07, 6.45) is 5.18. The molecule has 0 spiro atoms. The molecule has 1 fully saturated rings. The molecule has 0 radical (unpaired) electrons. The molecule has 0 bridgehead atoms. The van der Waals surface area contributed by atoms with Gasteiger partial charge >= 0.3 is 5.97 Å². The van der Waals surface area contributed by atoms with Crippen molar-refractivity contribution in [2.24, 2.45) is 0 Å². The largest absolute Gasteiger partial charge is 0.465 e. The number of halogens is 1. The molecule has 1 aliphatic carbocycles. The van der Waals surface area contributed by atoms with E-state index in [4.69, 9.17) is 4.74 Å². The van der Waals surface area contributed by atoms with E-state index < -0.39 is 5.54 Å². The van der Waals surface area contributed by atoms with Gasteiger partial charge in [-0.3, -0.25) is 10.1 Å². The van der Waals surface area contributed by atoms with Crippen molar-refractivity contribution >= 4 is 28.6 Å². The Labute approximate surface area is 134 Å². The molecule has 0 heterocycles. The zero-order valence-electron chi connectivity index (χ0n) is 12.0. The van der Waals surface area contributed by atoms with E-state index in [9.17, 15) is 4.79 Å². The molecule has 4 heteroatoms. The molecule has 1 aromatic rings. The van der Waals surface area contributed by atoms with Gasteiger partial charge in [-0.1, -0.05) is 31.4 Å². The number of carbonyl (C=O) groups excluding carboxylic acids is 1. The van der Waals surface area contributed by atoms with Crippen LogP contribution in [0.25, 0.3) is 0 Å². The Morgan fingerprint density at radius 1 is 1.25 bits per heavy atom. The fourth-order valence-electron chi connectivity index (χ4n) is 2.75. The van der Waals surface area contributed by atoms with Gasteiger partial charge in [0.15, 0.2) is 0 Å². The van der Waals surface area contributed by atoms with Crippen molar-refractivity contribution in [3.05, 3.63) is 33.4 Å². The number of hydrogen-bond donors (Lipinski definition) is 1. The van der Waals surface area contributed by atoms with Crippen LogP contribution in [0.3, 0.4) is 0 Å². The summed E-state index contributed by atoms with van der Waals surface area (Å²) in [5.41, 5.74) is 0.733. The molecular formula is C16H22INO2. The number of ether oxygens (including phenoxy) is 1. The van der Waals surface area contributed by atoms with Crippen LogP contribution in [0.5, 0.6) is 0 Å². The van der Waals surface area contributed by atoms with Gasteiger partial charge in [-0.2, -0.15) is 0 Å². The van der Waals surface area contributed by atoms with Gasteiger partial charge in [-0.25, -0.2) is 0 Å². The van der Waals surface area contributed by atoms with Crippen LogP contribution < -0.4 is 5.32 Å². The predicted molar refractivity (Wildman–Crippen MR) is 88.4 cm³/mol. The summed E-state index contributed by atoms with van der Waals surface area (Å²) in [5.74, 6) is -0.0785. The van der Waals surface area contributed by atoms with Crippen LogP contribution >= 0.6 is 22.6 Å². The highest BCUT2D eigenvalue weighted by molar-refractivity contribution is 14.1. The standard InChI is InChI=1S/C16H22INO2/c1-2-20-15(19)16(10-4-3-5-11-16)18-12-13-6-8-14(17)9-7-13/h6-9,18H,2-5,10-12H2,1H3. The maximum Gasteiger partial charge on any atom is 0.326 e. The van der Waals surface area contributed by atoms with Crippen molar-refractivity contribution < 1.29 is 9.53 Å². The van der Waals surface area contributed by atoms with E-state index in [1.54, 1.807) is 0 Å². The van der Waals surface area contributed by atoms with Crippen LogP contribution in [0.4, 0.5) is 0 Å². The van der Waals surface area contributed by atoms with Crippen molar-refractivity contribution in [1.82, 2.24) is 5.32 Å². The maximum atomic E-state index is 12.3. The average Bonchev–Trinajstić information content (AvgIpc) is 2.48. The van der Waals surface area contributed by atoms with Crippen LogP contribution in [0, 0.1) is 3.57 Å². The Balaban J connectivity index is 2.03. The van der Waals surface area contributed by atoms with Gasteiger partial charge in [0.25, 0.3) is 0 Å². The number of esters is 1. The fourth-order valence-corrected chi connectivity index (χ4v) is 3.11. The first-order chi connectivity index (χ1) is 9.66. The highest BCUT2D eigenvalue weighted by Crippen LogP contribution is 2.30. The van der Waals surface area contributed by atoms with E-state index in [1.807, 2.05) is 6.92 Å². The molecule has 0 saturated heterocycles. The summed E-state index contributed by atoms with van der Waals surface area (Å²) in [6.45, 7) is 3.04. The quantitative estimate of drug-likeness (QED) is 0.619. The Hall–Kier alpha value is -0.620. The van der Waals surface area contributed by atoms with Gasteiger partial charge in [0, 0.05) is 10.1 Å². The SMILES string of the molecule is CCOC(=O)C1(NCc2ccc(I)cc2)CCCCC1. The lowest BCUT2D eigenvalue weighted by Gasteiger charge is -2.35. The number of rotatable bonds is 5. The summed E-state index contributed by atoms with van der Waals surface area (Å²) < 4.78 is 6.52.